The summed E-state index contributed by atoms with van der Waals surface area (Å²) in [5.74, 6) is 0.802. The first-order valence-electron chi connectivity index (χ1n) is 9.48. The van der Waals surface area contributed by atoms with Crippen LogP contribution in [0.5, 0.6) is 0 Å². The molecule has 1 spiro atoms. The lowest BCUT2D eigenvalue weighted by Crippen LogP contribution is -2.53. The molecule has 1 atom stereocenters. The molecule has 0 N–H and O–H groups in total. The van der Waals surface area contributed by atoms with E-state index in [9.17, 15) is 9.59 Å². The second-order valence-electron chi connectivity index (χ2n) is 8.13. The summed E-state index contributed by atoms with van der Waals surface area (Å²) >= 11 is 1.82. The van der Waals surface area contributed by atoms with Crippen molar-refractivity contribution >= 4 is 11.3 Å². The fourth-order valence-corrected chi connectivity index (χ4v) is 4.91. The van der Waals surface area contributed by atoms with Gasteiger partial charge >= 0.3 is 11.1 Å². The minimum atomic E-state index is -0.534. The van der Waals surface area contributed by atoms with E-state index in [1.165, 1.54) is 14.4 Å². The number of aryl methyl sites for hydroxylation is 1. The number of fused-ring (bicyclic) bond motifs is 1. The van der Waals surface area contributed by atoms with Gasteiger partial charge in [0.15, 0.2) is 5.82 Å². The second-order valence-corrected chi connectivity index (χ2v) is 9.51. The van der Waals surface area contributed by atoms with Crippen LogP contribution in [-0.2, 0) is 31.0 Å². The van der Waals surface area contributed by atoms with Crippen LogP contribution in [0.15, 0.2) is 21.7 Å². The van der Waals surface area contributed by atoms with Crippen LogP contribution in [0.25, 0.3) is 0 Å². The van der Waals surface area contributed by atoms with Crippen molar-refractivity contribution in [2.24, 2.45) is 5.92 Å². The van der Waals surface area contributed by atoms with Crippen molar-refractivity contribution in [3.05, 3.63) is 48.4 Å². The van der Waals surface area contributed by atoms with Gasteiger partial charge < -0.3 is 4.74 Å². The fourth-order valence-electron chi connectivity index (χ4n) is 3.97. The number of hydrogen-bond donors (Lipinski definition) is 0. The second kappa shape index (κ2) is 7.00. The van der Waals surface area contributed by atoms with E-state index in [4.69, 9.17) is 4.74 Å². The van der Waals surface area contributed by atoms with Crippen LogP contribution in [0.1, 0.15) is 35.8 Å². The summed E-state index contributed by atoms with van der Waals surface area (Å²) in [5, 5.41) is 4.39. The summed E-state index contributed by atoms with van der Waals surface area (Å²) in [6.45, 7) is 9.85. The van der Waals surface area contributed by atoms with Crippen LogP contribution in [0.3, 0.4) is 0 Å². The molecule has 1 saturated heterocycles. The molecular formula is C19H26N4O3S. The molecule has 4 heterocycles. The van der Waals surface area contributed by atoms with Crippen LogP contribution in [0, 0.1) is 12.8 Å². The van der Waals surface area contributed by atoms with Crippen LogP contribution >= 0.6 is 11.3 Å². The van der Waals surface area contributed by atoms with Crippen molar-refractivity contribution in [1.82, 2.24) is 19.2 Å². The SMILES string of the molecule is Cc1ccc(CN2CCC3(C2)Cn2c(nn(CC(C)C)c(=O)c2=O)CO3)s1. The fraction of sp³-hybridized carbons (Fsp3) is 0.632. The van der Waals surface area contributed by atoms with Gasteiger partial charge in [0.1, 0.15) is 12.2 Å². The molecule has 0 amide bonds. The first kappa shape index (κ1) is 18.6. The average molecular weight is 391 g/mol. The largest absolute Gasteiger partial charge is 0.364 e. The van der Waals surface area contributed by atoms with Gasteiger partial charge in [0, 0.05) is 35.9 Å². The van der Waals surface area contributed by atoms with Gasteiger partial charge in [-0.1, -0.05) is 13.8 Å². The summed E-state index contributed by atoms with van der Waals surface area (Å²) in [4.78, 5) is 30.1. The normalized spacial score (nSPS) is 22.7. The number of hydrogen-bond acceptors (Lipinski definition) is 6. The maximum absolute atomic E-state index is 12.7. The molecular weight excluding hydrogens is 364 g/mol. The molecule has 0 saturated carbocycles. The lowest BCUT2D eigenvalue weighted by atomic mass is 10.0. The van der Waals surface area contributed by atoms with Gasteiger partial charge in [-0.05, 0) is 31.4 Å². The van der Waals surface area contributed by atoms with Crippen molar-refractivity contribution < 1.29 is 4.74 Å². The van der Waals surface area contributed by atoms with Crippen LogP contribution in [0.4, 0.5) is 0 Å². The minimum Gasteiger partial charge on any atom is -0.364 e. The zero-order chi connectivity index (χ0) is 19.2. The number of nitrogens with zero attached hydrogens (tertiary/aromatic N) is 4. The van der Waals surface area contributed by atoms with Crippen LogP contribution < -0.4 is 11.1 Å². The molecule has 4 rings (SSSR count). The predicted molar refractivity (Wildman–Crippen MR) is 104 cm³/mol. The van der Waals surface area contributed by atoms with Gasteiger partial charge in [-0.3, -0.25) is 19.1 Å². The zero-order valence-electron chi connectivity index (χ0n) is 16.1. The Morgan fingerprint density at radius 3 is 2.78 bits per heavy atom. The molecule has 1 unspecified atom stereocenters. The molecule has 0 bridgehead atoms. The maximum Gasteiger partial charge on any atom is 0.332 e. The number of likely N-dealkylation sites (tertiary alicyclic amines) is 1. The molecule has 2 aromatic rings. The van der Waals surface area contributed by atoms with Crippen LogP contribution in [-0.4, -0.2) is 37.9 Å². The van der Waals surface area contributed by atoms with Crippen molar-refractivity contribution in [2.45, 2.75) is 59.0 Å². The average Bonchev–Trinajstić information content (AvgIpc) is 3.20. The monoisotopic (exact) mass is 390 g/mol. The predicted octanol–water partition coefficient (Wildman–Crippen LogP) is 1.61. The molecule has 2 aliphatic heterocycles. The van der Waals surface area contributed by atoms with E-state index in [2.05, 4.69) is 29.1 Å². The summed E-state index contributed by atoms with van der Waals surface area (Å²) in [7, 11) is 0. The number of thiophene rings is 1. The third kappa shape index (κ3) is 3.66. The van der Waals surface area contributed by atoms with E-state index >= 15 is 0 Å². The number of ether oxygens (including phenoxy) is 1. The molecule has 8 heteroatoms. The van der Waals surface area contributed by atoms with Gasteiger partial charge in [0.2, 0.25) is 0 Å². The molecule has 146 valence electrons. The van der Waals surface area contributed by atoms with Crippen molar-refractivity contribution in [3.8, 4) is 0 Å². The molecule has 0 aliphatic carbocycles. The number of aromatic nitrogens is 3. The smallest absolute Gasteiger partial charge is 0.332 e. The standard InChI is InChI=1S/C19H26N4O3S/c1-13(2)8-23-18(25)17(24)22-12-19(26-10-16(22)20-23)6-7-21(11-19)9-15-5-4-14(3)27-15/h4-5,13H,6-12H2,1-3H3. The van der Waals surface area contributed by atoms with E-state index in [0.717, 1.165) is 26.1 Å². The Labute approximate surface area is 162 Å². The molecule has 0 radical (unpaired) electrons. The highest BCUT2D eigenvalue weighted by molar-refractivity contribution is 7.11. The molecule has 27 heavy (non-hydrogen) atoms. The summed E-state index contributed by atoms with van der Waals surface area (Å²) < 4.78 is 9.04. The Kier molecular flexibility index (Phi) is 4.82. The Morgan fingerprint density at radius 2 is 2.07 bits per heavy atom. The summed E-state index contributed by atoms with van der Waals surface area (Å²) in [5.41, 5.74) is -1.41. The van der Waals surface area contributed by atoms with Gasteiger partial charge in [0.05, 0.1) is 6.54 Å². The van der Waals surface area contributed by atoms with E-state index in [-0.39, 0.29) is 12.5 Å². The quantitative estimate of drug-likeness (QED) is 0.742. The van der Waals surface area contributed by atoms with Gasteiger partial charge in [-0.15, -0.1) is 11.3 Å². The first-order chi connectivity index (χ1) is 12.8. The lowest BCUT2D eigenvalue weighted by Gasteiger charge is -2.35. The molecule has 7 nitrogen and oxygen atoms in total. The topological polar surface area (TPSA) is 69.4 Å². The Morgan fingerprint density at radius 1 is 1.26 bits per heavy atom. The highest BCUT2D eigenvalue weighted by Gasteiger charge is 2.43. The van der Waals surface area contributed by atoms with Crippen molar-refractivity contribution in [2.75, 3.05) is 13.1 Å². The zero-order valence-corrected chi connectivity index (χ0v) is 16.9. The van der Waals surface area contributed by atoms with Crippen molar-refractivity contribution in [3.63, 3.8) is 0 Å². The molecule has 2 aliphatic rings. The van der Waals surface area contributed by atoms with Gasteiger partial charge in [-0.2, -0.15) is 5.10 Å². The Bertz CT molecular complexity index is 961. The van der Waals surface area contributed by atoms with Crippen LogP contribution in [0.2, 0.25) is 0 Å². The molecule has 0 aromatic carbocycles. The first-order valence-corrected chi connectivity index (χ1v) is 10.3. The highest BCUT2D eigenvalue weighted by Crippen LogP contribution is 2.32. The summed E-state index contributed by atoms with van der Waals surface area (Å²) in [6.07, 6.45) is 0.859. The van der Waals surface area contributed by atoms with Gasteiger partial charge in [-0.25, -0.2) is 4.68 Å². The number of rotatable bonds is 4. The third-order valence-electron chi connectivity index (χ3n) is 5.27. The lowest BCUT2D eigenvalue weighted by molar-refractivity contribution is -0.0859. The minimum absolute atomic E-state index is 0.248. The third-order valence-corrected chi connectivity index (χ3v) is 6.26. The van der Waals surface area contributed by atoms with E-state index < -0.39 is 16.7 Å². The van der Waals surface area contributed by atoms with Crippen molar-refractivity contribution in [1.29, 1.82) is 0 Å². The maximum atomic E-state index is 12.7. The molecule has 2 aromatic heterocycles. The van der Waals surface area contributed by atoms with E-state index in [0.29, 0.717) is 18.9 Å². The van der Waals surface area contributed by atoms with E-state index in [1.54, 1.807) is 4.57 Å². The Balaban J connectivity index is 1.54. The molecule has 1 fully saturated rings. The highest BCUT2D eigenvalue weighted by atomic mass is 32.1. The van der Waals surface area contributed by atoms with Gasteiger partial charge in [0.25, 0.3) is 0 Å². The Hall–Kier alpha value is -1.77. The summed E-state index contributed by atoms with van der Waals surface area (Å²) in [6, 6.07) is 4.32. The van der Waals surface area contributed by atoms with E-state index in [1.807, 2.05) is 25.2 Å².